The van der Waals surface area contributed by atoms with Crippen LogP contribution in [0.5, 0.6) is 0 Å². The summed E-state index contributed by atoms with van der Waals surface area (Å²) in [5, 5.41) is 9.04. The van der Waals surface area contributed by atoms with E-state index in [1.807, 2.05) is 22.9 Å². The minimum absolute atomic E-state index is 0.0830. The van der Waals surface area contributed by atoms with Gasteiger partial charge in [0.15, 0.2) is 0 Å². The molecular formula is C17H23ClN4O. The fraction of sp³-hybridized carbons (Fsp3) is 0.529. The van der Waals surface area contributed by atoms with Crippen molar-refractivity contribution in [3.8, 4) is 0 Å². The van der Waals surface area contributed by atoms with Gasteiger partial charge in [0.2, 0.25) is 5.91 Å². The summed E-state index contributed by atoms with van der Waals surface area (Å²) in [6.45, 7) is 4.60. The lowest BCUT2D eigenvalue weighted by molar-refractivity contribution is -0.121. The van der Waals surface area contributed by atoms with E-state index in [0.717, 1.165) is 37.1 Å². The Hall–Kier alpha value is -1.59. The summed E-state index contributed by atoms with van der Waals surface area (Å²) in [4.78, 5) is 14.4. The van der Waals surface area contributed by atoms with Crippen molar-refractivity contribution in [2.45, 2.75) is 32.2 Å². The van der Waals surface area contributed by atoms with E-state index in [0.29, 0.717) is 18.0 Å². The maximum Gasteiger partial charge on any atom is 0.221 e. The molecule has 0 saturated carbocycles. The number of amides is 1. The molecule has 23 heavy (non-hydrogen) atoms. The summed E-state index contributed by atoms with van der Waals surface area (Å²) in [5.74, 6) is 0.0830. The molecule has 124 valence electrons. The van der Waals surface area contributed by atoms with Crippen molar-refractivity contribution in [2.24, 2.45) is 0 Å². The first-order chi connectivity index (χ1) is 11.2. The molecule has 1 aliphatic heterocycles. The van der Waals surface area contributed by atoms with E-state index < -0.39 is 0 Å². The number of fused-ring (bicyclic) bond motifs is 1. The Labute approximate surface area is 141 Å². The molecule has 1 saturated heterocycles. The van der Waals surface area contributed by atoms with E-state index in [4.69, 9.17) is 11.6 Å². The standard InChI is InChI=1S/C17H23ClN4O/c18-15-4-5-16-14(12-15)13-20-22(16)10-6-17(23)19-7-11-21-8-2-1-3-9-21/h4-5,12-13H,1-3,6-11H2,(H,19,23). The van der Waals surface area contributed by atoms with Crippen LogP contribution >= 0.6 is 11.6 Å². The lowest BCUT2D eigenvalue weighted by Gasteiger charge is -2.26. The first-order valence-electron chi connectivity index (χ1n) is 8.32. The molecule has 0 radical (unpaired) electrons. The highest BCUT2D eigenvalue weighted by atomic mass is 35.5. The van der Waals surface area contributed by atoms with Gasteiger partial charge in [-0.1, -0.05) is 18.0 Å². The Morgan fingerprint density at radius 3 is 2.87 bits per heavy atom. The lowest BCUT2D eigenvalue weighted by atomic mass is 10.1. The zero-order valence-electron chi connectivity index (χ0n) is 13.3. The summed E-state index contributed by atoms with van der Waals surface area (Å²) < 4.78 is 1.86. The predicted octanol–water partition coefficient (Wildman–Crippen LogP) is 2.68. The van der Waals surface area contributed by atoms with Crippen molar-refractivity contribution in [2.75, 3.05) is 26.2 Å². The van der Waals surface area contributed by atoms with E-state index in [-0.39, 0.29) is 5.91 Å². The molecule has 1 aromatic heterocycles. The molecule has 2 heterocycles. The third-order valence-electron chi connectivity index (χ3n) is 4.35. The predicted molar refractivity (Wildman–Crippen MR) is 92.7 cm³/mol. The van der Waals surface area contributed by atoms with Gasteiger partial charge in [-0.15, -0.1) is 0 Å². The zero-order valence-corrected chi connectivity index (χ0v) is 14.1. The summed E-state index contributed by atoms with van der Waals surface area (Å²) in [5.41, 5.74) is 1.01. The number of likely N-dealkylation sites (tertiary alicyclic amines) is 1. The Bertz CT molecular complexity index is 664. The SMILES string of the molecule is O=C(CCn1ncc2cc(Cl)ccc21)NCCN1CCCCC1. The highest BCUT2D eigenvalue weighted by molar-refractivity contribution is 6.31. The molecule has 1 amide bonds. The van der Waals surface area contributed by atoms with Crippen LogP contribution in [0, 0.1) is 0 Å². The lowest BCUT2D eigenvalue weighted by Crippen LogP contribution is -2.37. The molecule has 5 nitrogen and oxygen atoms in total. The van der Waals surface area contributed by atoms with Crippen molar-refractivity contribution in [3.63, 3.8) is 0 Å². The smallest absolute Gasteiger partial charge is 0.221 e. The van der Waals surface area contributed by atoms with Gasteiger partial charge in [-0.05, 0) is 44.1 Å². The minimum Gasteiger partial charge on any atom is -0.355 e. The number of aryl methyl sites for hydroxylation is 1. The van der Waals surface area contributed by atoms with E-state index in [1.54, 1.807) is 6.20 Å². The number of piperidine rings is 1. The summed E-state index contributed by atoms with van der Waals surface area (Å²) in [6.07, 6.45) is 6.13. The van der Waals surface area contributed by atoms with E-state index in [1.165, 1.54) is 19.3 Å². The summed E-state index contributed by atoms with van der Waals surface area (Å²) in [7, 11) is 0. The van der Waals surface area contributed by atoms with Gasteiger partial charge in [-0.2, -0.15) is 5.10 Å². The minimum atomic E-state index is 0.0830. The van der Waals surface area contributed by atoms with Crippen LogP contribution in [-0.2, 0) is 11.3 Å². The zero-order chi connectivity index (χ0) is 16.1. The second-order valence-corrected chi connectivity index (χ2v) is 6.51. The number of benzene rings is 1. The first kappa shape index (κ1) is 16.3. The normalized spacial score (nSPS) is 15.9. The Morgan fingerprint density at radius 1 is 1.22 bits per heavy atom. The van der Waals surface area contributed by atoms with Crippen LogP contribution in [0.25, 0.3) is 10.9 Å². The maximum absolute atomic E-state index is 12.0. The van der Waals surface area contributed by atoms with Crippen LogP contribution in [0.1, 0.15) is 25.7 Å². The number of nitrogens with one attached hydrogen (secondary N) is 1. The second kappa shape index (κ2) is 7.79. The van der Waals surface area contributed by atoms with Gasteiger partial charge in [0, 0.05) is 29.9 Å². The molecule has 1 aliphatic rings. The topological polar surface area (TPSA) is 50.2 Å². The van der Waals surface area contributed by atoms with E-state index in [2.05, 4.69) is 15.3 Å². The van der Waals surface area contributed by atoms with Gasteiger partial charge in [-0.25, -0.2) is 0 Å². The Balaban J connectivity index is 1.43. The number of carbonyl (C=O) groups is 1. The molecule has 6 heteroatoms. The largest absolute Gasteiger partial charge is 0.355 e. The summed E-state index contributed by atoms with van der Waals surface area (Å²) in [6, 6.07) is 5.68. The molecule has 0 unspecified atom stereocenters. The van der Waals surface area contributed by atoms with Gasteiger partial charge in [0.1, 0.15) is 0 Å². The van der Waals surface area contributed by atoms with Crippen LogP contribution in [0.3, 0.4) is 0 Å². The molecule has 0 aliphatic carbocycles. The van der Waals surface area contributed by atoms with Crippen molar-refractivity contribution >= 4 is 28.4 Å². The van der Waals surface area contributed by atoms with Gasteiger partial charge < -0.3 is 10.2 Å². The van der Waals surface area contributed by atoms with E-state index in [9.17, 15) is 4.79 Å². The third kappa shape index (κ3) is 4.45. The number of nitrogens with zero attached hydrogens (tertiary/aromatic N) is 3. The molecule has 0 bridgehead atoms. The monoisotopic (exact) mass is 334 g/mol. The molecular weight excluding hydrogens is 312 g/mol. The van der Waals surface area contributed by atoms with Crippen LogP contribution in [0.15, 0.2) is 24.4 Å². The van der Waals surface area contributed by atoms with E-state index >= 15 is 0 Å². The molecule has 1 aromatic carbocycles. The Morgan fingerprint density at radius 2 is 2.04 bits per heavy atom. The van der Waals surface area contributed by atoms with Crippen molar-refractivity contribution in [1.29, 1.82) is 0 Å². The van der Waals surface area contributed by atoms with Crippen LogP contribution < -0.4 is 5.32 Å². The van der Waals surface area contributed by atoms with Crippen molar-refractivity contribution < 1.29 is 4.79 Å². The molecule has 3 rings (SSSR count). The molecule has 0 spiro atoms. The molecule has 1 N–H and O–H groups in total. The average molecular weight is 335 g/mol. The number of halogens is 1. The molecule has 0 atom stereocenters. The second-order valence-electron chi connectivity index (χ2n) is 6.07. The first-order valence-corrected chi connectivity index (χ1v) is 8.70. The van der Waals surface area contributed by atoms with Crippen LogP contribution in [0.2, 0.25) is 5.02 Å². The number of carbonyl (C=O) groups excluding carboxylic acids is 1. The number of rotatable bonds is 6. The van der Waals surface area contributed by atoms with Crippen LogP contribution in [-0.4, -0.2) is 46.8 Å². The van der Waals surface area contributed by atoms with Crippen molar-refractivity contribution in [3.05, 3.63) is 29.4 Å². The Kier molecular flexibility index (Phi) is 5.51. The van der Waals surface area contributed by atoms with Gasteiger partial charge in [-0.3, -0.25) is 9.48 Å². The van der Waals surface area contributed by atoms with Gasteiger partial charge in [0.05, 0.1) is 18.3 Å². The number of aromatic nitrogens is 2. The number of hydrogen-bond acceptors (Lipinski definition) is 3. The average Bonchev–Trinajstić information content (AvgIpc) is 2.96. The van der Waals surface area contributed by atoms with Crippen molar-refractivity contribution in [1.82, 2.24) is 20.0 Å². The number of hydrogen-bond donors (Lipinski definition) is 1. The molecule has 1 fully saturated rings. The quantitative estimate of drug-likeness (QED) is 0.883. The molecule has 2 aromatic rings. The van der Waals surface area contributed by atoms with Gasteiger partial charge >= 0.3 is 0 Å². The highest BCUT2D eigenvalue weighted by Gasteiger charge is 2.10. The fourth-order valence-corrected chi connectivity index (χ4v) is 3.25. The fourth-order valence-electron chi connectivity index (χ4n) is 3.07. The highest BCUT2D eigenvalue weighted by Crippen LogP contribution is 2.19. The van der Waals surface area contributed by atoms with Crippen LogP contribution in [0.4, 0.5) is 0 Å². The summed E-state index contributed by atoms with van der Waals surface area (Å²) >= 11 is 5.97. The maximum atomic E-state index is 12.0. The van der Waals surface area contributed by atoms with Gasteiger partial charge in [0.25, 0.3) is 0 Å². The third-order valence-corrected chi connectivity index (χ3v) is 4.59.